The van der Waals surface area contributed by atoms with Crippen molar-refractivity contribution in [3.63, 3.8) is 0 Å². The van der Waals surface area contributed by atoms with Gasteiger partial charge in [-0.25, -0.2) is 4.68 Å². The van der Waals surface area contributed by atoms with Crippen LogP contribution in [0.5, 0.6) is 0 Å². The summed E-state index contributed by atoms with van der Waals surface area (Å²) in [5.41, 5.74) is 1.20. The Bertz CT molecular complexity index is 454. The maximum atomic E-state index is 11.5. The van der Waals surface area contributed by atoms with E-state index < -0.39 is 0 Å². The van der Waals surface area contributed by atoms with Crippen molar-refractivity contribution >= 4 is 5.91 Å². The van der Waals surface area contributed by atoms with Crippen LogP contribution in [0.25, 0.3) is 0 Å². The van der Waals surface area contributed by atoms with E-state index in [2.05, 4.69) is 20.8 Å². The van der Waals surface area contributed by atoms with E-state index in [0.29, 0.717) is 6.54 Å². The number of benzene rings is 1. The molecule has 1 amide bonds. The van der Waals surface area contributed by atoms with Crippen LogP contribution in [0.2, 0.25) is 0 Å². The predicted molar refractivity (Wildman–Crippen MR) is 61.0 cm³/mol. The van der Waals surface area contributed by atoms with Gasteiger partial charge >= 0.3 is 0 Å². The Kier molecular flexibility index (Phi) is 3.80. The van der Waals surface area contributed by atoms with Crippen molar-refractivity contribution in [1.82, 2.24) is 25.5 Å². The molecule has 0 aliphatic carbocycles. The van der Waals surface area contributed by atoms with E-state index in [1.807, 2.05) is 30.3 Å². The molecule has 2 rings (SSSR count). The fraction of sp³-hybridized carbons (Fsp3) is 0.273. The Morgan fingerprint density at radius 2 is 2.12 bits per heavy atom. The number of nitrogens with one attached hydrogen (secondary N) is 1. The molecule has 1 N–H and O–H groups in total. The number of carbonyl (C=O) groups is 1. The van der Waals surface area contributed by atoms with Crippen molar-refractivity contribution in [3.05, 3.63) is 42.2 Å². The lowest BCUT2D eigenvalue weighted by Crippen LogP contribution is -2.29. The summed E-state index contributed by atoms with van der Waals surface area (Å²) in [6, 6.07) is 10.0. The highest BCUT2D eigenvalue weighted by Gasteiger charge is 2.02. The number of hydrogen-bond acceptors (Lipinski definition) is 4. The van der Waals surface area contributed by atoms with Gasteiger partial charge < -0.3 is 5.32 Å². The number of amides is 1. The van der Waals surface area contributed by atoms with Crippen LogP contribution >= 0.6 is 0 Å². The SMILES string of the molecule is O=C(Cn1cnnn1)NCCc1ccccc1. The normalized spacial score (nSPS) is 10.1. The molecule has 0 unspecified atom stereocenters. The van der Waals surface area contributed by atoms with Crippen LogP contribution in [-0.2, 0) is 17.8 Å². The molecule has 88 valence electrons. The first-order chi connectivity index (χ1) is 8.34. The lowest BCUT2D eigenvalue weighted by Gasteiger charge is -2.04. The van der Waals surface area contributed by atoms with Crippen molar-refractivity contribution in [3.8, 4) is 0 Å². The zero-order valence-corrected chi connectivity index (χ0v) is 9.28. The number of nitrogens with zero attached hydrogens (tertiary/aromatic N) is 4. The number of aromatic nitrogens is 4. The molecule has 0 saturated heterocycles. The second kappa shape index (κ2) is 5.74. The van der Waals surface area contributed by atoms with E-state index in [1.165, 1.54) is 16.6 Å². The summed E-state index contributed by atoms with van der Waals surface area (Å²) in [6.07, 6.45) is 2.24. The fourth-order valence-electron chi connectivity index (χ4n) is 1.45. The molecule has 0 radical (unpaired) electrons. The van der Waals surface area contributed by atoms with Crippen LogP contribution in [0.1, 0.15) is 5.56 Å². The van der Waals surface area contributed by atoms with Crippen LogP contribution in [0.3, 0.4) is 0 Å². The Hall–Kier alpha value is -2.24. The molecular formula is C11H13N5O. The van der Waals surface area contributed by atoms with Gasteiger partial charge in [0.05, 0.1) is 0 Å². The Morgan fingerprint density at radius 1 is 1.29 bits per heavy atom. The Labute approximate surface area is 98.6 Å². The molecule has 6 heteroatoms. The average molecular weight is 231 g/mol. The van der Waals surface area contributed by atoms with E-state index in [9.17, 15) is 4.79 Å². The van der Waals surface area contributed by atoms with Crippen LogP contribution in [0.4, 0.5) is 0 Å². The zero-order chi connectivity index (χ0) is 11.9. The molecular weight excluding hydrogens is 218 g/mol. The van der Waals surface area contributed by atoms with Crippen molar-refractivity contribution in [1.29, 1.82) is 0 Å². The monoisotopic (exact) mass is 231 g/mol. The second-order valence-electron chi connectivity index (χ2n) is 3.59. The number of carbonyl (C=O) groups excluding carboxylic acids is 1. The van der Waals surface area contributed by atoms with Crippen molar-refractivity contribution in [2.45, 2.75) is 13.0 Å². The quantitative estimate of drug-likeness (QED) is 0.788. The molecule has 0 saturated carbocycles. The maximum Gasteiger partial charge on any atom is 0.241 e. The molecule has 0 aliphatic rings. The number of tetrazole rings is 1. The Balaban J connectivity index is 1.70. The average Bonchev–Trinajstić information content (AvgIpc) is 2.83. The van der Waals surface area contributed by atoms with Gasteiger partial charge in [-0.2, -0.15) is 0 Å². The lowest BCUT2D eigenvalue weighted by molar-refractivity contribution is -0.121. The fourth-order valence-corrected chi connectivity index (χ4v) is 1.45. The zero-order valence-electron chi connectivity index (χ0n) is 9.28. The predicted octanol–water partition coefficient (Wildman–Crippen LogP) is 0.0320. The molecule has 0 aliphatic heterocycles. The van der Waals surface area contributed by atoms with Gasteiger partial charge in [0.25, 0.3) is 0 Å². The minimum atomic E-state index is -0.0896. The first-order valence-electron chi connectivity index (χ1n) is 5.36. The second-order valence-corrected chi connectivity index (χ2v) is 3.59. The van der Waals surface area contributed by atoms with Crippen molar-refractivity contribution < 1.29 is 4.79 Å². The lowest BCUT2D eigenvalue weighted by atomic mass is 10.1. The summed E-state index contributed by atoms with van der Waals surface area (Å²) in [5.74, 6) is -0.0896. The van der Waals surface area contributed by atoms with Crippen LogP contribution < -0.4 is 5.32 Å². The minimum absolute atomic E-state index is 0.0896. The summed E-state index contributed by atoms with van der Waals surface area (Å²) in [6.45, 7) is 0.771. The highest BCUT2D eigenvalue weighted by Crippen LogP contribution is 1.97. The van der Waals surface area contributed by atoms with E-state index in [4.69, 9.17) is 0 Å². The van der Waals surface area contributed by atoms with E-state index in [-0.39, 0.29) is 12.5 Å². The highest BCUT2D eigenvalue weighted by atomic mass is 16.2. The third kappa shape index (κ3) is 3.67. The summed E-state index contributed by atoms with van der Waals surface area (Å²) in [7, 11) is 0. The van der Waals surface area contributed by atoms with Crippen LogP contribution in [0, 0.1) is 0 Å². The first kappa shape index (κ1) is 11.3. The van der Waals surface area contributed by atoms with Crippen molar-refractivity contribution in [2.75, 3.05) is 6.54 Å². The number of rotatable bonds is 5. The van der Waals surface area contributed by atoms with E-state index in [1.54, 1.807) is 0 Å². The molecule has 0 atom stereocenters. The summed E-state index contributed by atoms with van der Waals surface area (Å²) >= 11 is 0. The molecule has 6 nitrogen and oxygen atoms in total. The third-order valence-corrected chi connectivity index (χ3v) is 2.28. The van der Waals surface area contributed by atoms with Gasteiger partial charge in [-0.05, 0) is 22.4 Å². The standard InChI is InChI=1S/C11H13N5O/c17-11(8-16-9-13-14-15-16)12-7-6-10-4-2-1-3-5-10/h1-5,9H,6-8H2,(H,12,17). The van der Waals surface area contributed by atoms with Gasteiger partial charge in [0, 0.05) is 6.54 Å². The van der Waals surface area contributed by atoms with Gasteiger partial charge in [0.1, 0.15) is 12.9 Å². The molecule has 17 heavy (non-hydrogen) atoms. The molecule has 0 spiro atoms. The van der Waals surface area contributed by atoms with E-state index in [0.717, 1.165) is 6.42 Å². The molecule has 1 aromatic carbocycles. The molecule has 1 aromatic heterocycles. The van der Waals surface area contributed by atoms with Gasteiger partial charge in [-0.15, -0.1) is 5.10 Å². The molecule has 0 fully saturated rings. The van der Waals surface area contributed by atoms with Gasteiger partial charge in [0.15, 0.2) is 0 Å². The largest absolute Gasteiger partial charge is 0.354 e. The Morgan fingerprint density at radius 3 is 2.82 bits per heavy atom. The van der Waals surface area contributed by atoms with Crippen LogP contribution in [-0.4, -0.2) is 32.7 Å². The summed E-state index contributed by atoms with van der Waals surface area (Å²) in [5, 5.41) is 13.3. The smallest absolute Gasteiger partial charge is 0.241 e. The molecule has 2 aromatic rings. The summed E-state index contributed by atoms with van der Waals surface area (Å²) in [4.78, 5) is 11.5. The maximum absolute atomic E-state index is 11.5. The molecule has 1 heterocycles. The summed E-state index contributed by atoms with van der Waals surface area (Å²) < 4.78 is 1.39. The first-order valence-corrected chi connectivity index (χ1v) is 5.36. The molecule has 0 bridgehead atoms. The number of hydrogen-bond donors (Lipinski definition) is 1. The van der Waals surface area contributed by atoms with Gasteiger partial charge in [-0.1, -0.05) is 30.3 Å². The third-order valence-electron chi connectivity index (χ3n) is 2.28. The topological polar surface area (TPSA) is 72.7 Å². The highest BCUT2D eigenvalue weighted by molar-refractivity contribution is 5.75. The van der Waals surface area contributed by atoms with E-state index >= 15 is 0 Å². The van der Waals surface area contributed by atoms with Gasteiger partial charge in [-0.3, -0.25) is 4.79 Å². The van der Waals surface area contributed by atoms with Crippen molar-refractivity contribution in [2.24, 2.45) is 0 Å². The minimum Gasteiger partial charge on any atom is -0.354 e. The van der Waals surface area contributed by atoms with Crippen LogP contribution in [0.15, 0.2) is 36.7 Å². The van der Waals surface area contributed by atoms with Gasteiger partial charge in [0.2, 0.25) is 5.91 Å².